The zero-order valence-electron chi connectivity index (χ0n) is 10.2. The van der Waals surface area contributed by atoms with Gasteiger partial charge in [-0.25, -0.2) is 15.0 Å². The van der Waals surface area contributed by atoms with Gasteiger partial charge >= 0.3 is 0 Å². The van der Waals surface area contributed by atoms with E-state index in [4.69, 9.17) is 10.9 Å². The Hall–Kier alpha value is -2.61. The fraction of sp³-hybridized carbons (Fsp3) is 0. The number of benzene rings is 1. The maximum atomic E-state index is 8.55. The predicted octanol–water partition coefficient (Wildman–Crippen LogP) is 1.60. The molecule has 0 saturated carbocycles. The van der Waals surface area contributed by atoms with Gasteiger partial charge < -0.3 is 15.9 Å². The summed E-state index contributed by atoms with van der Waals surface area (Å²) in [6, 6.07) is 7.77. The Morgan fingerprint density at radius 1 is 1.25 bits per heavy atom. The van der Waals surface area contributed by atoms with Gasteiger partial charge in [0.2, 0.25) is 0 Å². The van der Waals surface area contributed by atoms with Crippen molar-refractivity contribution in [2.45, 2.75) is 10.2 Å². The number of nitrogens with one attached hydrogen (secondary N) is 1. The number of para-hydroxylation sites is 2. The van der Waals surface area contributed by atoms with Gasteiger partial charge in [-0.1, -0.05) is 17.3 Å². The molecule has 0 bridgehead atoms. The second-order valence-corrected chi connectivity index (χ2v) is 4.90. The molecule has 0 unspecified atom stereocenters. The van der Waals surface area contributed by atoms with Gasteiger partial charge in [-0.3, -0.25) is 0 Å². The number of oxime groups is 1. The molecule has 2 aromatic heterocycles. The van der Waals surface area contributed by atoms with Crippen LogP contribution in [0.25, 0.3) is 11.0 Å². The number of imidazole rings is 1. The van der Waals surface area contributed by atoms with E-state index in [0.29, 0.717) is 10.7 Å². The van der Waals surface area contributed by atoms with Gasteiger partial charge in [0.05, 0.1) is 23.4 Å². The average Bonchev–Trinajstić information content (AvgIpc) is 2.89. The minimum atomic E-state index is -0.0715. The number of nitrogens with zero attached hydrogens (tertiary/aromatic N) is 4. The number of amidine groups is 1. The van der Waals surface area contributed by atoms with Gasteiger partial charge in [-0.05, 0) is 23.9 Å². The van der Waals surface area contributed by atoms with E-state index in [1.165, 1.54) is 18.0 Å². The number of aromatic nitrogens is 4. The molecule has 0 aliphatic heterocycles. The Kier molecular flexibility index (Phi) is 3.21. The highest BCUT2D eigenvalue weighted by Gasteiger charge is 2.07. The lowest BCUT2D eigenvalue weighted by Gasteiger charge is -1.99. The van der Waals surface area contributed by atoms with E-state index in [0.717, 1.165) is 16.2 Å². The summed E-state index contributed by atoms with van der Waals surface area (Å²) in [5.41, 5.74) is 7.61. The summed E-state index contributed by atoms with van der Waals surface area (Å²) in [4.78, 5) is 15.9. The fourth-order valence-corrected chi connectivity index (χ4v) is 2.34. The Bertz CT molecular complexity index is 734. The van der Waals surface area contributed by atoms with Crippen LogP contribution in [0.15, 0.2) is 52.0 Å². The van der Waals surface area contributed by atoms with Crippen molar-refractivity contribution in [2.75, 3.05) is 0 Å². The Balaban J connectivity index is 1.83. The van der Waals surface area contributed by atoms with Crippen molar-refractivity contribution in [1.29, 1.82) is 0 Å². The summed E-state index contributed by atoms with van der Waals surface area (Å²) < 4.78 is 0. The highest BCUT2D eigenvalue weighted by molar-refractivity contribution is 7.99. The Morgan fingerprint density at radius 2 is 2.10 bits per heavy atom. The maximum Gasteiger partial charge on any atom is 0.190 e. The number of rotatable bonds is 3. The number of hydrogen-bond donors (Lipinski definition) is 3. The predicted molar refractivity (Wildman–Crippen MR) is 74.8 cm³/mol. The van der Waals surface area contributed by atoms with Gasteiger partial charge in [0.15, 0.2) is 11.0 Å². The molecule has 8 heteroatoms. The summed E-state index contributed by atoms with van der Waals surface area (Å²) in [5, 5.41) is 12.8. The molecule has 0 radical (unpaired) electrons. The number of fused-ring (bicyclic) bond motifs is 1. The van der Waals surface area contributed by atoms with E-state index in [1.807, 2.05) is 24.3 Å². The lowest BCUT2D eigenvalue weighted by atomic mass is 10.3. The van der Waals surface area contributed by atoms with Crippen LogP contribution < -0.4 is 5.73 Å². The lowest BCUT2D eigenvalue weighted by molar-refractivity contribution is 0.318. The molecule has 100 valence electrons. The standard InChI is InChI=1S/C12H10N6OS/c13-11(18-19)9-5-15-10(6-14-9)20-12-16-7-3-1-2-4-8(7)17-12/h1-6,19H,(H2,13,18)(H,16,17). The number of hydrogen-bond acceptors (Lipinski definition) is 6. The van der Waals surface area contributed by atoms with Gasteiger partial charge in [0, 0.05) is 0 Å². The smallest absolute Gasteiger partial charge is 0.190 e. The summed E-state index contributed by atoms with van der Waals surface area (Å²) in [7, 11) is 0. The molecule has 7 nitrogen and oxygen atoms in total. The number of aromatic amines is 1. The summed E-state index contributed by atoms with van der Waals surface area (Å²) in [6.45, 7) is 0. The second-order valence-electron chi connectivity index (χ2n) is 3.89. The first-order chi connectivity index (χ1) is 9.76. The van der Waals surface area contributed by atoms with Crippen molar-refractivity contribution in [1.82, 2.24) is 19.9 Å². The normalized spacial score (nSPS) is 11.9. The first kappa shape index (κ1) is 12.4. The fourth-order valence-electron chi connectivity index (χ4n) is 1.63. The largest absolute Gasteiger partial charge is 0.409 e. The molecule has 2 heterocycles. The molecule has 4 N–H and O–H groups in total. The molecule has 0 atom stereocenters. The van der Waals surface area contributed by atoms with Crippen molar-refractivity contribution in [3.63, 3.8) is 0 Å². The van der Waals surface area contributed by atoms with Gasteiger partial charge in [-0.2, -0.15) is 0 Å². The third-order valence-electron chi connectivity index (χ3n) is 2.57. The molecule has 3 rings (SSSR count). The zero-order valence-corrected chi connectivity index (χ0v) is 11.0. The van der Waals surface area contributed by atoms with E-state index in [9.17, 15) is 0 Å². The first-order valence-corrected chi connectivity index (χ1v) is 6.50. The zero-order chi connectivity index (χ0) is 13.9. The quantitative estimate of drug-likeness (QED) is 0.292. The molecule has 3 aromatic rings. The van der Waals surface area contributed by atoms with Crippen LogP contribution in [-0.2, 0) is 0 Å². The Labute approximate surface area is 118 Å². The topological polar surface area (TPSA) is 113 Å². The van der Waals surface area contributed by atoms with Gasteiger partial charge in [-0.15, -0.1) is 0 Å². The highest BCUT2D eigenvalue weighted by atomic mass is 32.2. The van der Waals surface area contributed by atoms with Crippen molar-refractivity contribution < 1.29 is 5.21 Å². The van der Waals surface area contributed by atoms with E-state index in [1.54, 1.807) is 6.20 Å². The van der Waals surface area contributed by atoms with E-state index in [2.05, 4.69) is 25.1 Å². The van der Waals surface area contributed by atoms with Crippen LogP contribution in [-0.4, -0.2) is 31.0 Å². The monoisotopic (exact) mass is 286 g/mol. The number of nitrogens with two attached hydrogens (primary N) is 1. The molecule has 0 fully saturated rings. The van der Waals surface area contributed by atoms with Crippen molar-refractivity contribution in [2.24, 2.45) is 10.9 Å². The van der Waals surface area contributed by atoms with Crippen molar-refractivity contribution >= 4 is 28.6 Å². The third-order valence-corrected chi connectivity index (χ3v) is 3.37. The van der Waals surface area contributed by atoms with E-state index < -0.39 is 0 Å². The van der Waals surface area contributed by atoms with Gasteiger partial charge in [0.1, 0.15) is 10.7 Å². The molecule has 0 aliphatic rings. The van der Waals surface area contributed by atoms with Crippen LogP contribution in [0.2, 0.25) is 0 Å². The van der Waals surface area contributed by atoms with E-state index in [-0.39, 0.29) is 5.84 Å². The minimum absolute atomic E-state index is 0.0715. The molecule has 0 aliphatic carbocycles. The summed E-state index contributed by atoms with van der Waals surface area (Å²) in [5.74, 6) is -0.0715. The second kappa shape index (κ2) is 5.17. The van der Waals surface area contributed by atoms with Crippen LogP contribution in [0, 0.1) is 0 Å². The summed E-state index contributed by atoms with van der Waals surface area (Å²) in [6.07, 6.45) is 2.99. The maximum absolute atomic E-state index is 8.55. The average molecular weight is 286 g/mol. The third kappa shape index (κ3) is 2.41. The Morgan fingerprint density at radius 3 is 2.80 bits per heavy atom. The van der Waals surface area contributed by atoms with E-state index >= 15 is 0 Å². The first-order valence-electron chi connectivity index (χ1n) is 5.69. The van der Waals surface area contributed by atoms with Crippen LogP contribution in [0.1, 0.15) is 5.69 Å². The molecular weight excluding hydrogens is 276 g/mol. The van der Waals surface area contributed by atoms with Gasteiger partial charge in [0.25, 0.3) is 0 Å². The number of H-pyrrole nitrogens is 1. The highest BCUT2D eigenvalue weighted by Crippen LogP contribution is 2.24. The van der Waals surface area contributed by atoms with Crippen LogP contribution in [0.3, 0.4) is 0 Å². The molecule has 0 amide bonds. The van der Waals surface area contributed by atoms with Crippen LogP contribution >= 0.6 is 11.8 Å². The molecule has 0 spiro atoms. The van der Waals surface area contributed by atoms with Crippen LogP contribution in [0.4, 0.5) is 0 Å². The van der Waals surface area contributed by atoms with Crippen LogP contribution in [0.5, 0.6) is 0 Å². The summed E-state index contributed by atoms with van der Waals surface area (Å²) >= 11 is 1.36. The SMILES string of the molecule is NC(=NO)c1cnc(Sc2nc3ccccc3[nH]2)cn1. The molecular formula is C12H10N6OS. The lowest BCUT2D eigenvalue weighted by Crippen LogP contribution is -2.15. The molecule has 20 heavy (non-hydrogen) atoms. The van der Waals surface area contributed by atoms with Crippen molar-refractivity contribution in [3.05, 3.63) is 42.4 Å². The van der Waals surface area contributed by atoms with Crippen molar-refractivity contribution in [3.8, 4) is 0 Å². The molecule has 1 aromatic carbocycles. The minimum Gasteiger partial charge on any atom is -0.409 e. The molecule has 0 saturated heterocycles.